The fourth-order valence-corrected chi connectivity index (χ4v) is 2.97. The summed E-state index contributed by atoms with van der Waals surface area (Å²) in [5.41, 5.74) is 5.52. The Labute approximate surface area is 171 Å². The number of rotatable bonds is 12. The van der Waals surface area contributed by atoms with Crippen LogP contribution in [0.25, 0.3) is 0 Å². The lowest BCUT2D eigenvalue weighted by Crippen LogP contribution is -2.53. The van der Waals surface area contributed by atoms with Crippen molar-refractivity contribution in [2.75, 3.05) is 13.1 Å². The van der Waals surface area contributed by atoms with Crippen molar-refractivity contribution in [2.45, 2.75) is 56.7 Å². The predicted molar refractivity (Wildman–Crippen MR) is 99.0 cm³/mol. The molecule has 7 N–H and O–H groups in total. The minimum absolute atomic E-state index is 0.131. The van der Waals surface area contributed by atoms with Gasteiger partial charge in [-0.1, -0.05) is 0 Å². The minimum atomic E-state index is -1.27. The monoisotopic (exact) mass is 430 g/mol. The molecule has 1 aliphatic rings. The third kappa shape index (κ3) is 8.03. The average Bonchev–Trinajstić information content (AvgIpc) is 3.16. The molecule has 1 saturated heterocycles. The number of amides is 3. The maximum Gasteiger partial charge on any atom is 0.326 e. The van der Waals surface area contributed by atoms with Crippen LogP contribution in [0.1, 0.15) is 38.5 Å². The van der Waals surface area contributed by atoms with Crippen LogP contribution in [-0.4, -0.2) is 87.1 Å². The van der Waals surface area contributed by atoms with Gasteiger partial charge in [-0.25, -0.2) is 4.79 Å². The van der Waals surface area contributed by atoms with E-state index in [1.807, 2.05) is 0 Å². The third-order valence-electron chi connectivity index (χ3n) is 4.53. The van der Waals surface area contributed by atoms with Crippen molar-refractivity contribution in [1.82, 2.24) is 15.5 Å². The van der Waals surface area contributed by atoms with E-state index in [1.165, 1.54) is 0 Å². The van der Waals surface area contributed by atoms with E-state index in [1.54, 1.807) is 0 Å². The van der Waals surface area contributed by atoms with E-state index in [2.05, 4.69) is 10.6 Å². The average molecular weight is 430 g/mol. The van der Waals surface area contributed by atoms with Crippen LogP contribution in [0.5, 0.6) is 0 Å². The number of carboxylic acids is 3. The molecule has 1 heterocycles. The standard InChI is InChI=1S/C17H26N4O9/c18-9(3-5-13(23)24)15(27)19-8-12(22)20-10(4-6-14(25)26)16(28)21-7-1-2-11(21)17(29)30/h9-11H,1-8,18H2,(H,19,27)(H,20,22)(H,23,24)(H,25,26)(H,29,30). The van der Waals surface area contributed by atoms with Crippen molar-refractivity contribution in [2.24, 2.45) is 5.73 Å². The van der Waals surface area contributed by atoms with Crippen molar-refractivity contribution in [3.05, 3.63) is 0 Å². The van der Waals surface area contributed by atoms with Gasteiger partial charge in [0.05, 0.1) is 12.6 Å². The molecule has 13 nitrogen and oxygen atoms in total. The first-order valence-electron chi connectivity index (χ1n) is 9.32. The van der Waals surface area contributed by atoms with E-state index in [0.717, 1.165) is 4.90 Å². The van der Waals surface area contributed by atoms with Crippen molar-refractivity contribution >= 4 is 35.6 Å². The summed E-state index contributed by atoms with van der Waals surface area (Å²) in [5, 5.41) is 31.2. The zero-order valence-corrected chi connectivity index (χ0v) is 16.2. The highest BCUT2D eigenvalue weighted by molar-refractivity contribution is 5.93. The number of hydrogen-bond acceptors (Lipinski definition) is 7. The van der Waals surface area contributed by atoms with E-state index in [9.17, 15) is 33.9 Å². The van der Waals surface area contributed by atoms with Crippen LogP contribution >= 0.6 is 0 Å². The largest absolute Gasteiger partial charge is 0.481 e. The molecular formula is C17H26N4O9. The van der Waals surface area contributed by atoms with E-state index in [-0.39, 0.29) is 32.2 Å². The second-order valence-corrected chi connectivity index (χ2v) is 6.84. The first-order valence-corrected chi connectivity index (χ1v) is 9.32. The summed E-state index contributed by atoms with van der Waals surface area (Å²) in [6, 6.07) is -3.46. The molecule has 3 atom stereocenters. The Morgan fingerprint density at radius 1 is 1.00 bits per heavy atom. The molecule has 0 bridgehead atoms. The molecule has 0 aromatic carbocycles. The third-order valence-corrected chi connectivity index (χ3v) is 4.53. The van der Waals surface area contributed by atoms with Gasteiger partial charge in [0.2, 0.25) is 17.7 Å². The molecule has 0 aromatic rings. The fourth-order valence-electron chi connectivity index (χ4n) is 2.97. The summed E-state index contributed by atoms with van der Waals surface area (Å²) in [5.74, 6) is -5.78. The van der Waals surface area contributed by atoms with Crippen LogP contribution in [0.15, 0.2) is 0 Å². The quantitative estimate of drug-likeness (QED) is 0.195. The molecule has 3 amide bonds. The molecule has 1 aliphatic heterocycles. The number of nitrogens with two attached hydrogens (primary N) is 1. The van der Waals surface area contributed by atoms with Gasteiger partial charge in [0.15, 0.2) is 0 Å². The van der Waals surface area contributed by atoms with Crippen LogP contribution in [0, 0.1) is 0 Å². The normalized spacial score (nSPS) is 17.6. The number of nitrogens with one attached hydrogen (secondary N) is 2. The Bertz CT molecular complexity index is 697. The van der Waals surface area contributed by atoms with E-state index in [0.29, 0.717) is 6.42 Å². The van der Waals surface area contributed by atoms with Gasteiger partial charge in [-0.2, -0.15) is 0 Å². The zero-order chi connectivity index (χ0) is 22.8. The summed E-state index contributed by atoms with van der Waals surface area (Å²) >= 11 is 0. The smallest absolute Gasteiger partial charge is 0.326 e. The van der Waals surface area contributed by atoms with Crippen molar-refractivity contribution < 1.29 is 44.1 Å². The topological polar surface area (TPSA) is 216 Å². The molecule has 3 unspecified atom stereocenters. The number of nitrogens with zero attached hydrogens (tertiary/aromatic N) is 1. The lowest BCUT2D eigenvalue weighted by atomic mass is 10.1. The van der Waals surface area contributed by atoms with Gasteiger partial charge < -0.3 is 36.6 Å². The van der Waals surface area contributed by atoms with Crippen LogP contribution in [0.3, 0.4) is 0 Å². The number of likely N-dealkylation sites (tertiary alicyclic amines) is 1. The Balaban J connectivity index is 2.68. The summed E-state index contributed by atoms with van der Waals surface area (Å²) in [7, 11) is 0. The first kappa shape index (κ1) is 24.8. The van der Waals surface area contributed by atoms with Crippen molar-refractivity contribution in [3.8, 4) is 0 Å². The molecule has 13 heteroatoms. The molecule has 30 heavy (non-hydrogen) atoms. The number of hydrogen-bond donors (Lipinski definition) is 6. The van der Waals surface area contributed by atoms with Crippen molar-refractivity contribution in [3.63, 3.8) is 0 Å². The lowest BCUT2D eigenvalue weighted by Gasteiger charge is -2.27. The SMILES string of the molecule is NC(CCC(=O)O)C(=O)NCC(=O)NC(CCC(=O)O)C(=O)N1CCCC1C(=O)O. The van der Waals surface area contributed by atoms with Gasteiger partial charge in [-0.15, -0.1) is 0 Å². The number of carbonyl (C=O) groups is 6. The number of carbonyl (C=O) groups excluding carboxylic acids is 3. The second-order valence-electron chi connectivity index (χ2n) is 6.84. The summed E-state index contributed by atoms with van der Waals surface area (Å²) in [6.45, 7) is -0.400. The van der Waals surface area contributed by atoms with Gasteiger partial charge in [-0.3, -0.25) is 24.0 Å². The van der Waals surface area contributed by atoms with Gasteiger partial charge in [0.25, 0.3) is 0 Å². The van der Waals surface area contributed by atoms with Gasteiger partial charge in [-0.05, 0) is 25.7 Å². The Morgan fingerprint density at radius 2 is 1.60 bits per heavy atom. The van der Waals surface area contributed by atoms with E-state index >= 15 is 0 Å². The van der Waals surface area contributed by atoms with E-state index in [4.69, 9.17) is 15.9 Å². The maximum absolute atomic E-state index is 12.7. The summed E-state index contributed by atoms with van der Waals surface area (Å²) < 4.78 is 0. The zero-order valence-electron chi connectivity index (χ0n) is 16.2. The van der Waals surface area contributed by atoms with Gasteiger partial charge in [0.1, 0.15) is 12.1 Å². The highest BCUT2D eigenvalue weighted by Gasteiger charge is 2.37. The highest BCUT2D eigenvalue weighted by Crippen LogP contribution is 2.19. The number of carboxylic acid groups (broad SMARTS) is 3. The fraction of sp³-hybridized carbons (Fsp3) is 0.647. The summed E-state index contributed by atoms with van der Waals surface area (Å²) in [6.07, 6.45) is -0.428. The predicted octanol–water partition coefficient (Wildman–Crippen LogP) is -2.28. The van der Waals surface area contributed by atoms with Crippen LogP contribution < -0.4 is 16.4 Å². The molecule has 0 spiro atoms. The van der Waals surface area contributed by atoms with Crippen LogP contribution in [-0.2, 0) is 28.8 Å². The maximum atomic E-state index is 12.7. The summed E-state index contributed by atoms with van der Waals surface area (Å²) in [4.78, 5) is 70.4. The second kappa shape index (κ2) is 11.7. The highest BCUT2D eigenvalue weighted by atomic mass is 16.4. The van der Waals surface area contributed by atoms with Crippen LogP contribution in [0.2, 0.25) is 0 Å². The molecule has 0 aromatic heterocycles. The van der Waals surface area contributed by atoms with Gasteiger partial charge >= 0.3 is 17.9 Å². The van der Waals surface area contributed by atoms with E-state index < -0.39 is 66.7 Å². The molecule has 1 rings (SSSR count). The number of aliphatic carboxylic acids is 3. The molecule has 0 saturated carbocycles. The Hall–Kier alpha value is -3.22. The Kier molecular flexibility index (Phi) is 9.68. The molecule has 0 radical (unpaired) electrons. The molecule has 0 aliphatic carbocycles. The van der Waals surface area contributed by atoms with Gasteiger partial charge in [0, 0.05) is 19.4 Å². The van der Waals surface area contributed by atoms with Crippen LogP contribution in [0.4, 0.5) is 0 Å². The minimum Gasteiger partial charge on any atom is -0.481 e. The molecule has 1 fully saturated rings. The first-order chi connectivity index (χ1) is 14.0. The van der Waals surface area contributed by atoms with Crippen molar-refractivity contribution in [1.29, 1.82) is 0 Å². The Morgan fingerprint density at radius 3 is 2.17 bits per heavy atom. The lowest BCUT2D eigenvalue weighted by molar-refractivity contribution is -0.149. The molecule has 168 valence electrons. The molecular weight excluding hydrogens is 404 g/mol.